The first-order valence-electron chi connectivity index (χ1n) is 9.92. The van der Waals surface area contributed by atoms with E-state index in [1.54, 1.807) is 4.57 Å². The predicted molar refractivity (Wildman–Crippen MR) is 106 cm³/mol. The summed E-state index contributed by atoms with van der Waals surface area (Å²) in [5, 5.41) is 4.53. The molecule has 146 valence electrons. The van der Waals surface area contributed by atoms with Crippen molar-refractivity contribution in [3.8, 4) is 5.69 Å². The molecule has 8 heteroatoms. The van der Waals surface area contributed by atoms with Gasteiger partial charge in [-0.05, 0) is 30.4 Å². The summed E-state index contributed by atoms with van der Waals surface area (Å²) in [6.45, 7) is 7.17. The summed E-state index contributed by atoms with van der Waals surface area (Å²) >= 11 is 0. The number of carbonyl (C=O) groups excluding carboxylic acids is 1. The molecule has 2 aromatic rings. The number of amides is 1. The second-order valence-electron chi connectivity index (χ2n) is 8.19. The SMILES string of the molecule is CC1CC(C)CN(C(=O)Cn2nc3n(c2=O)-c2ccccc2C2=NCCN23)C1. The lowest BCUT2D eigenvalue weighted by molar-refractivity contribution is -0.134. The molecule has 4 heterocycles. The van der Waals surface area contributed by atoms with Gasteiger partial charge in [-0.25, -0.2) is 14.0 Å². The Morgan fingerprint density at radius 3 is 2.71 bits per heavy atom. The molecule has 2 atom stereocenters. The average molecular weight is 380 g/mol. The molecular formula is C20H24N6O2. The molecule has 5 rings (SSSR count). The standard InChI is InChI=1S/C20H24N6O2/c1-13-9-14(2)11-23(10-13)17(27)12-25-20(28)26-16-6-4-3-5-15(16)18-21-7-8-24(18)19(26)22-25/h3-6,13-14H,7-12H2,1-2H3. The first kappa shape index (κ1) is 17.2. The zero-order valence-electron chi connectivity index (χ0n) is 16.2. The van der Waals surface area contributed by atoms with Crippen molar-refractivity contribution in [3.63, 3.8) is 0 Å². The Hall–Kier alpha value is -2.90. The number of para-hydroxylation sites is 1. The van der Waals surface area contributed by atoms with E-state index in [4.69, 9.17) is 0 Å². The summed E-state index contributed by atoms with van der Waals surface area (Å²) in [6.07, 6.45) is 1.14. The molecule has 2 unspecified atom stereocenters. The van der Waals surface area contributed by atoms with Gasteiger partial charge in [0.25, 0.3) is 0 Å². The zero-order chi connectivity index (χ0) is 19.4. The van der Waals surface area contributed by atoms with Gasteiger partial charge in [-0.1, -0.05) is 26.0 Å². The lowest BCUT2D eigenvalue weighted by Gasteiger charge is -2.34. The molecule has 1 saturated heterocycles. The minimum absolute atomic E-state index is 0.0270. The summed E-state index contributed by atoms with van der Waals surface area (Å²) in [5.41, 5.74) is 1.43. The van der Waals surface area contributed by atoms with Crippen LogP contribution in [0.5, 0.6) is 0 Å². The van der Waals surface area contributed by atoms with Gasteiger partial charge in [0.05, 0.1) is 12.2 Å². The largest absolute Gasteiger partial charge is 0.352 e. The highest BCUT2D eigenvalue weighted by molar-refractivity contribution is 6.14. The Kier molecular flexibility index (Phi) is 3.89. The number of rotatable bonds is 2. The molecule has 1 aromatic heterocycles. The normalized spacial score (nSPS) is 23.1. The fraction of sp³-hybridized carbons (Fsp3) is 0.500. The number of likely N-dealkylation sites (tertiary alicyclic amines) is 1. The minimum Gasteiger partial charge on any atom is -0.341 e. The smallest absolute Gasteiger partial charge is 0.341 e. The van der Waals surface area contributed by atoms with E-state index >= 15 is 0 Å². The van der Waals surface area contributed by atoms with E-state index in [9.17, 15) is 9.59 Å². The number of piperidine rings is 1. The highest BCUT2D eigenvalue weighted by Crippen LogP contribution is 2.29. The van der Waals surface area contributed by atoms with E-state index in [-0.39, 0.29) is 18.1 Å². The van der Waals surface area contributed by atoms with Crippen molar-refractivity contribution in [2.24, 2.45) is 16.8 Å². The summed E-state index contributed by atoms with van der Waals surface area (Å²) in [5.74, 6) is 2.32. The van der Waals surface area contributed by atoms with Gasteiger partial charge < -0.3 is 4.90 Å². The molecule has 3 aliphatic heterocycles. The molecule has 0 aliphatic carbocycles. The van der Waals surface area contributed by atoms with Gasteiger partial charge in [0.1, 0.15) is 12.4 Å². The van der Waals surface area contributed by atoms with Crippen molar-refractivity contribution in [1.29, 1.82) is 0 Å². The Labute approximate surface area is 163 Å². The van der Waals surface area contributed by atoms with Crippen molar-refractivity contribution in [2.75, 3.05) is 31.1 Å². The summed E-state index contributed by atoms with van der Waals surface area (Å²) in [4.78, 5) is 34.4. The number of amidine groups is 1. The van der Waals surface area contributed by atoms with Crippen LogP contribution in [0.15, 0.2) is 34.1 Å². The molecule has 0 N–H and O–H groups in total. The minimum atomic E-state index is -0.278. The molecule has 0 radical (unpaired) electrons. The lowest BCUT2D eigenvalue weighted by Crippen LogP contribution is -2.45. The average Bonchev–Trinajstić information content (AvgIpc) is 3.27. The zero-order valence-corrected chi connectivity index (χ0v) is 16.2. The number of hydrogen-bond donors (Lipinski definition) is 0. The van der Waals surface area contributed by atoms with E-state index in [0.29, 0.717) is 30.9 Å². The van der Waals surface area contributed by atoms with Gasteiger partial charge >= 0.3 is 5.69 Å². The molecular weight excluding hydrogens is 356 g/mol. The number of nitrogens with zero attached hydrogens (tertiary/aromatic N) is 6. The second-order valence-corrected chi connectivity index (χ2v) is 8.19. The van der Waals surface area contributed by atoms with Crippen LogP contribution in [0.2, 0.25) is 0 Å². The third-order valence-electron chi connectivity index (χ3n) is 5.80. The third kappa shape index (κ3) is 2.58. The van der Waals surface area contributed by atoms with Crippen LogP contribution in [0.3, 0.4) is 0 Å². The van der Waals surface area contributed by atoms with E-state index < -0.39 is 0 Å². The number of anilines is 1. The van der Waals surface area contributed by atoms with Crippen LogP contribution in [0.1, 0.15) is 25.8 Å². The van der Waals surface area contributed by atoms with Crippen LogP contribution in [-0.4, -0.2) is 57.2 Å². The second kappa shape index (κ2) is 6.32. The molecule has 8 nitrogen and oxygen atoms in total. The van der Waals surface area contributed by atoms with Crippen molar-refractivity contribution in [2.45, 2.75) is 26.8 Å². The topological polar surface area (TPSA) is 75.7 Å². The van der Waals surface area contributed by atoms with Gasteiger partial charge in [-0.3, -0.25) is 14.7 Å². The van der Waals surface area contributed by atoms with Crippen molar-refractivity contribution in [1.82, 2.24) is 19.2 Å². The number of carbonyl (C=O) groups is 1. The molecule has 3 aliphatic rings. The van der Waals surface area contributed by atoms with Crippen LogP contribution in [0.4, 0.5) is 5.95 Å². The monoisotopic (exact) mass is 380 g/mol. The molecule has 28 heavy (non-hydrogen) atoms. The predicted octanol–water partition coefficient (Wildman–Crippen LogP) is 1.12. The summed E-state index contributed by atoms with van der Waals surface area (Å²) in [7, 11) is 0. The lowest BCUT2D eigenvalue weighted by atomic mass is 9.92. The highest BCUT2D eigenvalue weighted by atomic mass is 16.2. The fourth-order valence-corrected chi connectivity index (χ4v) is 4.71. The molecule has 0 bridgehead atoms. The van der Waals surface area contributed by atoms with Crippen LogP contribution < -0.4 is 10.6 Å². The number of hydrogen-bond acceptors (Lipinski definition) is 5. The summed E-state index contributed by atoms with van der Waals surface area (Å²) < 4.78 is 2.91. The number of aliphatic imine (C=N–C) groups is 1. The van der Waals surface area contributed by atoms with Gasteiger partial charge in [0, 0.05) is 25.2 Å². The maximum atomic E-state index is 13.1. The van der Waals surface area contributed by atoms with E-state index in [2.05, 4.69) is 23.9 Å². The van der Waals surface area contributed by atoms with E-state index in [1.807, 2.05) is 34.1 Å². The highest BCUT2D eigenvalue weighted by Gasteiger charge is 2.35. The van der Waals surface area contributed by atoms with Gasteiger partial charge in [-0.15, -0.1) is 5.10 Å². The molecule has 1 fully saturated rings. The molecule has 1 aromatic carbocycles. The van der Waals surface area contributed by atoms with Crippen LogP contribution >= 0.6 is 0 Å². The van der Waals surface area contributed by atoms with Crippen LogP contribution in [0, 0.1) is 11.8 Å². The molecule has 0 saturated carbocycles. The summed E-state index contributed by atoms with van der Waals surface area (Å²) in [6, 6.07) is 7.72. The Balaban J connectivity index is 1.51. The van der Waals surface area contributed by atoms with Crippen molar-refractivity contribution >= 4 is 17.7 Å². The van der Waals surface area contributed by atoms with E-state index in [0.717, 1.165) is 36.6 Å². The maximum absolute atomic E-state index is 13.1. The van der Waals surface area contributed by atoms with Crippen LogP contribution in [0.25, 0.3) is 5.69 Å². The Morgan fingerprint density at radius 1 is 1.18 bits per heavy atom. The Bertz CT molecular complexity index is 1030. The fourth-order valence-electron chi connectivity index (χ4n) is 4.71. The van der Waals surface area contributed by atoms with Crippen molar-refractivity contribution in [3.05, 3.63) is 40.3 Å². The number of benzene rings is 1. The Morgan fingerprint density at radius 2 is 1.93 bits per heavy atom. The quantitative estimate of drug-likeness (QED) is 0.782. The van der Waals surface area contributed by atoms with Crippen LogP contribution in [-0.2, 0) is 11.3 Å². The first-order chi connectivity index (χ1) is 13.5. The molecule has 1 amide bonds. The van der Waals surface area contributed by atoms with E-state index in [1.165, 1.54) is 4.68 Å². The molecule has 0 spiro atoms. The maximum Gasteiger partial charge on any atom is 0.352 e. The van der Waals surface area contributed by atoms with Gasteiger partial charge in [-0.2, -0.15) is 0 Å². The van der Waals surface area contributed by atoms with Crippen molar-refractivity contribution < 1.29 is 4.79 Å². The number of aromatic nitrogens is 3. The number of fused-ring (bicyclic) bond motifs is 6. The third-order valence-corrected chi connectivity index (χ3v) is 5.80. The van der Waals surface area contributed by atoms with Gasteiger partial charge in [0.15, 0.2) is 0 Å². The van der Waals surface area contributed by atoms with Gasteiger partial charge in [0.2, 0.25) is 11.9 Å². The first-order valence-corrected chi connectivity index (χ1v) is 9.92.